The molecule has 0 saturated heterocycles. The van der Waals surface area contributed by atoms with Gasteiger partial charge in [-0.15, -0.1) is 10.2 Å². The summed E-state index contributed by atoms with van der Waals surface area (Å²) in [6.45, 7) is 2.59. The Bertz CT molecular complexity index is 515. The number of benzene rings is 1. The maximum Gasteiger partial charge on any atom is 0.165 e. The Morgan fingerprint density at radius 3 is 2.82 bits per heavy atom. The van der Waals surface area contributed by atoms with Crippen LogP contribution in [-0.2, 0) is 6.54 Å². The van der Waals surface area contributed by atoms with Crippen LogP contribution in [0.2, 0.25) is 0 Å². The van der Waals surface area contributed by atoms with Crippen LogP contribution in [0.15, 0.2) is 18.2 Å². The van der Waals surface area contributed by atoms with Gasteiger partial charge in [0.2, 0.25) is 0 Å². The summed E-state index contributed by atoms with van der Waals surface area (Å²) < 4.78 is 18.7. The minimum Gasteiger partial charge on any atom is -0.491 e. The fourth-order valence-corrected chi connectivity index (χ4v) is 2.07. The average molecular weight is 253 g/mol. The Morgan fingerprint density at radius 2 is 2.24 bits per heavy atom. The Balaban J connectivity index is 2.30. The second kappa shape index (κ2) is 5.20. The van der Waals surface area contributed by atoms with Gasteiger partial charge in [0, 0.05) is 12.1 Å². The largest absolute Gasteiger partial charge is 0.491 e. The molecule has 0 unspecified atom stereocenters. The van der Waals surface area contributed by atoms with Gasteiger partial charge in [-0.05, 0) is 25.1 Å². The molecule has 1 aromatic carbocycles. The molecule has 0 atom stereocenters. The van der Waals surface area contributed by atoms with E-state index >= 15 is 0 Å². The number of nitrogens with two attached hydrogens (primary N) is 1. The first-order chi connectivity index (χ1) is 8.24. The Hall–Kier alpha value is -1.53. The van der Waals surface area contributed by atoms with Crippen molar-refractivity contribution in [3.8, 4) is 16.3 Å². The van der Waals surface area contributed by atoms with Crippen molar-refractivity contribution in [1.29, 1.82) is 0 Å². The summed E-state index contributed by atoms with van der Waals surface area (Å²) in [6, 6.07) is 4.75. The molecule has 0 aliphatic carbocycles. The lowest BCUT2D eigenvalue weighted by Crippen LogP contribution is -1.94. The second-order valence-electron chi connectivity index (χ2n) is 3.28. The topological polar surface area (TPSA) is 61.0 Å². The van der Waals surface area contributed by atoms with Crippen LogP contribution >= 0.6 is 11.3 Å². The van der Waals surface area contributed by atoms with Gasteiger partial charge in [-0.25, -0.2) is 4.39 Å². The summed E-state index contributed by atoms with van der Waals surface area (Å²) in [5.74, 6) is -0.145. The zero-order chi connectivity index (χ0) is 12.3. The van der Waals surface area contributed by atoms with E-state index in [0.717, 1.165) is 5.01 Å². The van der Waals surface area contributed by atoms with Crippen LogP contribution in [0.25, 0.3) is 10.6 Å². The minimum absolute atomic E-state index is 0.250. The normalized spacial score (nSPS) is 10.5. The minimum atomic E-state index is -0.395. The van der Waals surface area contributed by atoms with Gasteiger partial charge in [0.15, 0.2) is 11.6 Å². The molecule has 2 N–H and O–H groups in total. The smallest absolute Gasteiger partial charge is 0.165 e. The van der Waals surface area contributed by atoms with Crippen LogP contribution in [0.1, 0.15) is 11.9 Å². The number of nitrogens with zero attached hydrogens (tertiary/aromatic N) is 2. The maximum absolute atomic E-state index is 13.6. The Kier molecular flexibility index (Phi) is 3.65. The van der Waals surface area contributed by atoms with E-state index in [9.17, 15) is 4.39 Å². The molecule has 0 aliphatic rings. The molecule has 0 radical (unpaired) electrons. The first kappa shape index (κ1) is 11.9. The molecule has 1 aromatic heterocycles. The highest BCUT2D eigenvalue weighted by Gasteiger charge is 2.09. The number of halogens is 1. The van der Waals surface area contributed by atoms with Crippen LogP contribution in [-0.4, -0.2) is 16.8 Å². The van der Waals surface area contributed by atoms with Gasteiger partial charge in [-0.2, -0.15) is 0 Å². The third-order valence-corrected chi connectivity index (χ3v) is 3.11. The molecule has 0 bridgehead atoms. The number of rotatable bonds is 4. The first-order valence-electron chi connectivity index (χ1n) is 5.19. The van der Waals surface area contributed by atoms with E-state index in [1.807, 2.05) is 6.92 Å². The molecule has 17 heavy (non-hydrogen) atoms. The Labute approximate surface area is 102 Å². The van der Waals surface area contributed by atoms with Gasteiger partial charge in [-0.1, -0.05) is 11.3 Å². The van der Waals surface area contributed by atoms with E-state index in [2.05, 4.69) is 10.2 Å². The monoisotopic (exact) mass is 253 g/mol. The lowest BCUT2D eigenvalue weighted by Gasteiger charge is -2.04. The number of hydrogen-bond acceptors (Lipinski definition) is 5. The molecule has 2 rings (SSSR count). The van der Waals surface area contributed by atoms with Crippen molar-refractivity contribution in [2.75, 3.05) is 6.61 Å². The van der Waals surface area contributed by atoms with E-state index in [4.69, 9.17) is 10.5 Å². The summed E-state index contributed by atoms with van der Waals surface area (Å²) in [5.41, 5.74) is 6.13. The van der Waals surface area contributed by atoms with Crippen LogP contribution in [0.4, 0.5) is 4.39 Å². The quantitative estimate of drug-likeness (QED) is 0.907. The van der Waals surface area contributed by atoms with E-state index in [-0.39, 0.29) is 5.75 Å². The van der Waals surface area contributed by atoms with Gasteiger partial charge in [0.25, 0.3) is 0 Å². The van der Waals surface area contributed by atoms with Gasteiger partial charge in [-0.3, -0.25) is 0 Å². The highest BCUT2D eigenvalue weighted by molar-refractivity contribution is 7.14. The van der Waals surface area contributed by atoms with Crippen LogP contribution in [0.3, 0.4) is 0 Å². The summed E-state index contributed by atoms with van der Waals surface area (Å²) in [6.07, 6.45) is 0. The van der Waals surface area contributed by atoms with Gasteiger partial charge >= 0.3 is 0 Å². The zero-order valence-corrected chi connectivity index (χ0v) is 10.1. The third-order valence-electron chi connectivity index (χ3n) is 2.12. The van der Waals surface area contributed by atoms with E-state index in [1.165, 1.54) is 17.4 Å². The number of ether oxygens (including phenoxy) is 1. The van der Waals surface area contributed by atoms with Crippen molar-refractivity contribution in [2.45, 2.75) is 13.5 Å². The molecular weight excluding hydrogens is 241 g/mol. The molecule has 0 amide bonds. The second-order valence-corrected chi connectivity index (χ2v) is 4.35. The highest BCUT2D eigenvalue weighted by atomic mass is 32.1. The third kappa shape index (κ3) is 2.59. The molecule has 0 spiro atoms. The van der Waals surface area contributed by atoms with Crippen LogP contribution in [0, 0.1) is 5.82 Å². The SMILES string of the molecule is CCOc1ccc(-c2nnc(CN)s2)cc1F. The zero-order valence-electron chi connectivity index (χ0n) is 9.31. The Morgan fingerprint density at radius 1 is 1.41 bits per heavy atom. The maximum atomic E-state index is 13.6. The molecule has 1 heterocycles. The van der Waals surface area contributed by atoms with Gasteiger partial charge in [0.05, 0.1) is 6.61 Å². The molecule has 4 nitrogen and oxygen atoms in total. The summed E-state index contributed by atoms with van der Waals surface area (Å²) in [4.78, 5) is 0. The van der Waals surface area contributed by atoms with Crippen molar-refractivity contribution in [3.05, 3.63) is 29.0 Å². The number of aromatic nitrogens is 2. The molecule has 6 heteroatoms. The van der Waals surface area contributed by atoms with Crippen molar-refractivity contribution >= 4 is 11.3 Å². The predicted octanol–water partition coefficient (Wildman–Crippen LogP) is 2.20. The van der Waals surface area contributed by atoms with Gasteiger partial charge in [0.1, 0.15) is 10.0 Å². The molecule has 0 fully saturated rings. The molecule has 90 valence electrons. The van der Waals surface area contributed by atoms with Gasteiger partial charge < -0.3 is 10.5 Å². The molecular formula is C11H12FN3OS. The van der Waals surface area contributed by atoms with Crippen molar-refractivity contribution in [1.82, 2.24) is 10.2 Å². The predicted molar refractivity (Wildman–Crippen MR) is 64.4 cm³/mol. The van der Waals surface area contributed by atoms with E-state index in [0.29, 0.717) is 23.7 Å². The number of hydrogen-bond donors (Lipinski definition) is 1. The van der Waals surface area contributed by atoms with Crippen LogP contribution < -0.4 is 10.5 Å². The summed E-state index contributed by atoms with van der Waals surface area (Å²) >= 11 is 1.36. The molecule has 0 saturated carbocycles. The first-order valence-corrected chi connectivity index (χ1v) is 6.01. The fraction of sp³-hybridized carbons (Fsp3) is 0.273. The molecule has 0 aliphatic heterocycles. The van der Waals surface area contributed by atoms with Crippen molar-refractivity contribution in [3.63, 3.8) is 0 Å². The van der Waals surface area contributed by atoms with E-state index in [1.54, 1.807) is 12.1 Å². The highest BCUT2D eigenvalue weighted by Crippen LogP contribution is 2.27. The standard InChI is InChI=1S/C11H12FN3OS/c1-2-16-9-4-3-7(5-8(9)12)11-15-14-10(6-13)17-11/h3-5H,2,6,13H2,1H3. The summed E-state index contributed by atoms with van der Waals surface area (Å²) in [7, 11) is 0. The fourth-order valence-electron chi connectivity index (χ4n) is 1.36. The van der Waals surface area contributed by atoms with Crippen molar-refractivity contribution in [2.24, 2.45) is 5.73 Å². The van der Waals surface area contributed by atoms with E-state index < -0.39 is 5.82 Å². The molecule has 2 aromatic rings. The van der Waals surface area contributed by atoms with Crippen LogP contribution in [0.5, 0.6) is 5.75 Å². The average Bonchev–Trinajstić information content (AvgIpc) is 2.80. The lowest BCUT2D eigenvalue weighted by atomic mass is 10.2. The van der Waals surface area contributed by atoms with Crippen molar-refractivity contribution < 1.29 is 9.13 Å². The lowest BCUT2D eigenvalue weighted by molar-refractivity contribution is 0.321. The summed E-state index contributed by atoms with van der Waals surface area (Å²) in [5, 5.41) is 9.23.